The van der Waals surface area contributed by atoms with Gasteiger partial charge < -0.3 is 15.4 Å². The Kier molecular flexibility index (Phi) is 6.53. The van der Waals surface area contributed by atoms with E-state index >= 15 is 0 Å². The fourth-order valence-electron chi connectivity index (χ4n) is 2.83. The molecule has 2 heterocycles. The molecule has 0 atom stereocenters. The number of carbonyl (C=O) groups is 1. The van der Waals surface area contributed by atoms with Gasteiger partial charge in [-0.15, -0.1) is 0 Å². The third-order valence-electron chi connectivity index (χ3n) is 4.15. The molecule has 2 aromatic heterocycles. The summed E-state index contributed by atoms with van der Waals surface area (Å²) in [5, 5.41) is 11.7. The molecular formula is C20H18F2N4O4S. The molecule has 0 bridgehead atoms. The first-order chi connectivity index (χ1) is 14.8. The number of halogens is 2. The Balaban J connectivity index is 1.92. The Bertz CT molecular complexity index is 1310. The van der Waals surface area contributed by atoms with Gasteiger partial charge in [-0.1, -0.05) is 18.8 Å². The number of H-pyrrole nitrogens is 1. The van der Waals surface area contributed by atoms with Crippen LogP contribution in [0.5, 0.6) is 0 Å². The summed E-state index contributed by atoms with van der Waals surface area (Å²) in [5.41, 5.74) is -0.353. The molecule has 0 aliphatic rings. The van der Waals surface area contributed by atoms with Gasteiger partial charge in [-0.3, -0.25) is 9.52 Å². The lowest BCUT2D eigenvalue weighted by molar-refractivity contribution is 0.101. The van der Waals surface area contributed by atoms with Crippen LogP contribution >= 0.6 is 0 Å². The van der Waals surface area contributed by atoms with E-state index in [0.29, 0.717) is 23.0 Å². The van der Waals surface area contributed by atoms with E-state index in [1.54, 1.807) is 13.1 Å². The topological polar surface area (TPSA) is 124 Å². The Morgan fingerprint density at radius 1 is 1.32 bits per heavy atom. The number of nitrogens with zero attached hydrogens (tertiary/aromatic N) is 1. The number of nitrogens with one attached hydrogen (secondary N) is 3. The predicted octanol–water partition coefficient (Wildman–Crippen LogP) is 2.59. The maximum atomic E-state index is 14.8. The summed E-state index contributed by atoms with van der Waals surface area (Å²) in [5.74, 6) is 1.35. The largest absolute Gasteiger partial charge is 0.384 e. The first kappa shape index (κ1) is 22.2. The highest BCUT2D eigenvalue weighted by Crippen LogP contribution is 2.25. The van der Waals surface area contributed by atoms with Crippen LogP contribution in [0.25, 0.3) is 11.0 Å². The number of pyridine rings is 1. The summed E-state index contributed by atoms with van der Waals surface area (Å²) in [4.78, 5) is 19.5. The highest BCUT2D eigenvalue weighted by Gasteiger charge is 2.23. The number of carbonyl (C=O) groups excluding carboxylic acids is 1. The third-order valence-corrected chi connectivity index (χ3v) is 5.62. The summed E-state index contributed by atoms with van der Waals surface area (Å²) in [6.07, 6.45) is 3.14. The van der Waals surface area contributed by atoms with Crippen LogP contribution in [0.3, 0.4) is 0 Å². The van der Waals surface area contributed by atoms with Crippen molar-refractivity contribution in [3.05, 3.63) is 53.4 Å². The first-order valence-electron chi connectivity index (χ1n) is 9.12. The van der Waals surface area contributed by atoms with Crippen LogP contribution in [-0.2, 0) is 10.0 Å². The van der Waals surface area contributed by atoms with Crippen LogP contribution in [0.2, 0.25) is 0 Å². The minimum Gasteiger partial charge on any atom is -0.384 e. The van der Waals surface area contributed by atoms with E-state index in [0.717, 1.165) is 12.1 Å². The van der Waals surface area contributed by atoms with E-state index in [1.807, 2.05) is 4.72 Å². The fraction of sp³-hybridized carbons (Fsp3) is 0.200. The summed E-state index contributed by atoms with van der Waals surface area (Å²) in [6, 6.07) is 3.22. The van der Waals surface area contributed by atoms with E-state index < -0.39 is 38.8 Å². The second-order valence-electron chi connectivity index (χ2n) is 6.44. The number of fused-ring (bicyclic) bond motifs is 1. The van der Waals surface area contributed by atoms with Crippen LogP contribution < -0.4 is 10.0 Å². The third kappa shape index (κ3) is 4.99. The molecule has 3 rings (SSSR count). The van der Waals surface area contributed by atoms with E-state index in [1.165, 1.54) is 12.3 Å². The molecule has 162 valence electrons. The summed E-state index contributed by atoms with van der Waals surface area (Å²) < 4.78 is 54.8. The van der Waals surface area contributed by atoms with E-state index in [2.05, 4.69) is 27.1 Å². The summed E-state index contributed by atoms with van der Waals surface area (Å²) in [6.45, 7) is 1.29. The lowest BCUT2D eigenvalue weighted by Gasteiger charge is -2.12. The highest BCUT2D eigenvalue weighted by molar-refractivity contribution is 7.92. The van der Waals surface area contributed by atoms with Gasteiger partial charge in [0, 0.05) is 11.6 Å². The molecule has 8 nitrogen and oxygen atoms in total. The lowest BCUT2D eigenvalue weighted by atomic mass is 10.1. The number of hydrogen-bond donors (Lipinski definition) is 4. The predicted molar refractivity (Wildman–Crippen MR) is 112 cm³/mol. The van der Waals surface area contributed by atoms with Gasteiger partial charge in [-0.2, -0.15) is 0 Å². The van der Waals surface area contributed by atoms with Crippen molar-refractivity contribution in [3.8, 4) is 11.8 Å². The molecule has 1 aromatic carbocycles. The molecule has 0 saturated carbocycles. The van der Waals surface area contributed by atoms with Crippen molar-refractivity contribution in [2.45, 2.75) is 13.3 Å². The number of amides is 1. The average molecular weight is 448 g/mol. The summed E-state index contributed by atoms with van der Waals surface area (Å²) >= 11 is 0. The Labute approximate surface area is 176 Å². The summed E-state index contributed by atoms with van der Waals surface area (Å²) in [7, 11) is -3.84. The molecule has 11 heteroatoms. The van der Waals surface area contributed by atoms with Crippen LogP contribution in [0.1, 0.15) is 29.3 Å². The van der Waals surface area contributed by atoms with Crippen molar-refractivity contribution >= 4 is 38.3 Å². The second-order valence-corrected chi connectivity index (χ2v) is 8.28. The van der Waals surface area contributed by atoms with E-state index in [9.17, 15) is 22.0 Å². The number of aromatic amines is 1. The zero-order chi connectivity index (χ0) is 22.6. The number of hydrogen-bond acceptors (Lipinski definition) is 5. The minimum atomic E-state index is -3.84. The van der Waals surface area contributed by atoms with Gasteiger partial charge in [0.15, 0.2) is 5.82 Å². The van der Waals surface area contributed by atoms with Gasteiger partial charge >= 0.3 is 0 Å². The van der Waals surface area contributed by atoms with Gasteiger partial charge in [0.1, 0.15) is 23.6 Å². The molecule has 3 aromatic rings. The molecule has 0 spiro atoms. The number of aliphatic hydroxyl groups is 1. The van der Waals surface area contributed by atoms with E-state index in [4.69, 9.17) is 5.11 Å². The average Bonchev–Trinajstić information content (AvgIpc) is 3.11. The number of aliphatic hydroxyl groups excluding tert-OH is 1. The van der Waals surface area contributed by atoms with Crippen molar-refractivity contribution in [1.29, 1.82) is 0 Å². The molecular weight excluding hydrogens is 430 g/mol. The molecule has 0 fully saturated rings. The number of sulfonamides is 1. The Morgan fingerprint density at radius 2 is 2.10 bits per heavy atom. The SMILES string of the molecule is CCCS(=O)(=O)Nc1ccc(F)c(C(=O)Nc2cnc3[nH]cc(C#CCO)c3c2)c1F. The van der Waals surface area contributed by atoms with Crippen LogP contribution in [0, 0.1) is 23.5 Å². The fourth-order valence-corrected chi connectivity index (χ4v) is 3.96. The number of benzene rings is 1. The maximum absolute atomic E-state index is 14.8. The molecule has 0 saturated heterocycles. The second kappa shape index (κ2) is 9.11. The minimum absolute atomic E-state index is 0.139. The van der Waals surface area contributed by atoms with Crippen LogP contribution in [-0.4, -0.2) is 41.8 Å². The van der Waals surface area contributed by atoms with Crippen LogP contribution in [0.15, 0.2) is 30.6 Å². The molecule has 0 aliphatic carbocycles. The zero-order valence-corrected chi connectivity index (χ0v) is 17.1. The van der Waals surface area contributed by atoms with Gasteiger partial charge in [0.2, 0.25) is 10.0 Å². The maximum Gasteiger partial charge on any atom is 0.261 e. The van der Waals surface area contributed by atoms with Gasteiger partial charge in [0.05, 0.1) is 28.9 Å². The lowest BCUT2D eigenvalue weighted by Crippen LogP contribution is -2.20. The standard InChI is InChI=1S/C20H18F2N4O4S/c1-2-8-31(29,30)26-16-6-5-15(21)17(18(16)22)20(28)25-13-9-14-12(4-3-7-27)10-23-19(14)24-11-13/h5-6,9-11,26-27H,2,7-8H2,1H3,(H,23,24)(H,25,28). The highest BCUT2D eigenvalue weighted by atomic mass is 32.2. The molecule has 0 radical (unpaired) electrons. The van der Waals surface area contributed by atoms with E-state index in [-0.39, 0.29) is 18.0 Å². The quantitative estimate of drug-likeness (QED) is 0.432. The van der Waals surface area contributed by atoms with Crippen molar-refractivity contribution in [3.63, 3.8) is 0 Å². The van der Waals surface area contributed by atoms with Crippen molar-refractivity contribution in [2.75, 3.05) is 22.4 Å². The molecule has 1 amide bonds. The number of anilines is 2. The Hall–Kier alpha value is -3.49. The monoisotopic (exact) mass is 448 g/mol. The van der Waals surface area contributed by atoms with Gasteiger partial charge in [-0.25, -0.2) is 22.2 Å². The molecule has 31 heavy (non-hydrogen) atoms. The number of rotatable bonds is 6. The van der Waals surface area contributed by atoms with Gasteiger partial charge in [0.25, 0.3) is 5.91 Å². The molecule has 0 aliphatic heterocycles. The van der Waals surface area contributed by atoms with Gasteiger partial charge in [-0.05, 0) is 24.6 Å². The van der Waals surface area contributed by atoms with Crippen molar-refractivity contribution < 1.29 is 27.1 Å². The molecule has 4 N–H and O–H groups in total. The molecule has 0 unspecified atom stereocenters. The zero-order valence-electron chi connectivity index (χ0n) is 16.3. The number of aromatic nitrogens is 2. The van der Waals surface area contributed by atoms with Crippen molar-refractivity contribution in [2.24, 2.45) is 0 Å². The normalized spacial score (nSPS) is 11.1. The van der Waals surface area contributed by atoms with Crippen molar-refractivity contribution in [1.82, 2.24) is 9.97 Å². The smallest absolute Gasteiger partial charge is 0.261 e. The first-order valence-corrected chi connectivity index (χ1v) is 10.8. The van der Waals surface area contributed by atoms with Crippen LogP contribution in [0.4, 0.5) is 20.2 Å². The Morgan fingerprint density at radius 3 is 2.81 bits per heavy atom.